The number of hydrogen-bond acceptors (Lipinski definition) is 5. The summed E-state index contributed by atoms with van der Waals surface area (Å²) in [7, 11) is 0. The minimum absolute atomic E-state index is 0.0101. The van der Waals surface area contributed by atoms with Gasteiger partial charge in [0.2, 0.25) is 5.91 Å². The fraction of sp³-hybridized carbons (Fsp3) is 0.444. The number of carbonyl (C=O) groups excluding carboxylic acids is 1. The Labute approximate surface area is 145 Å². The molecule has 0 radical (unpaired) electrons. The van der Waals surface area contributed by atoms with Crippen LogP contribution in [0.5, 0.6) is 0 Å². The van der Waals surface area contributed by atoms with Crippen LogP contribution in [-0.2, 0) is 4.79 Å². The van der Waals surface area contributed by atoms with Gasteiger partial charge in [-0.3, -0.25) is 4.79 Å². The van der Waals surface area contributed by atoms with Crippen molar-refractivity contribution in [3.05, 3.63) is 24.5 Å². The second-order valence-electron chi connectivity index (χ2n) is 6.92. The predicted octanol–water partition coefficient (Wildman–Crippen LogP) is 2.25. The summed E-state index contributed by atoms with van der Waals surface area (Å²) < 4.78 is 0. The van der Waals surface area contributed by atoms with E-state index < -0.39 is 0 Å². The highest BCUT2D eigenvalue weighted by molar-refractivity contribution is 6.08. The van der Waals surface area contributed by atoms with Crippen molar-refractivity contribution in [1.82, 2.24) is 25.5 Å². The van der Waals surface area contributed by atoms with Crippen molar-refractivity contribution in [2.24, 2.45) is 5.92 Å². The number of anilines is 1. The van der Waals surface area contributed by atoms with Crippen LogP contribution in [0.15, 0.2) is 24.5 Å². The first-order chi connectivity index (χ1) is 12.1. The van der Waals surface area contributed by atoms with E-state index >= 15 is 0 Å². The highest BCUT2D eigenvalue weighted by atomic mass is 16.2. The molecule has 25 heavy (non-hydrogen) atoms. The van der Waals surface area contributed by atoms with Crippen LogP contribution in [0.2, 0.25) is 0 Å². The van der Waals surface area contributed by atoms with Gasteiger partial charge in [0.1, 0.15) is 0 Å². The van der Waals surface area contributed by atoms with Crippen molar-refractivity contribution < 1.29 is 4.79 Å². The van der Waals surface area contributed by atoms with E-state index in [4.69, 9.17) is 0 Å². The molecule has 2 N–H and O–H groups in total. The standard InChI is InChI=1S/C18H22N6O/c1-11(2)21-18(25)12-4-3-9-24(10-12)14-6-8-20-17-15(14)13-5-7-19-16(13)22-23-17/h5-8,11-12H,3-4,9-10H2,1-2H3,(H,19,22)(H,21,25). The maximum atomic E-state index is 12.4. The van der Waals surface area contributed by atoms with E-state index in [2.05, 4.69) is 30.4 Å². The monoisotopic (exact) mass is 338 g/mol. The summed E-state index contributed by atoms with van der Waals surface area (Å²) in [6.07, 6.45) is 5.56. The predicted molar refractivity (Wildman–Crippen MR) is 97.4 cm³/mol. The Morgan fingerprint density at radius 2 is 2.24 bits per heavy atom. The number of H-pyrrole nitrogens is 1. The third kappa shape index (κ3) is 2.90. The van der Waals surface area contributed by atoms with Crippen LogP contribution < -0.4 is 10.2 Å². The van der Waals surface area contributed by atoms with Crippen LogP contribution in [0.1, 0.15) is 26.7 Å². The van der Waals surface area contributed by atoms with Crippen molar-refractivity contribution in [1.29, 1.82) is 0 Å². The van der Waals surface area contributed by atoms with Gasteiger partial charge in [-0.05, 0) is 38.8 Å². The lowest BCUT2D eigenvalue weighted by atomic mass is 9.96. The molecular formula is C18H22N6O. The molecule has 1 fully saturated rings. The zero-order valence-corrected chi connectivity index (χ0v) is 14.5. The van der Waals surface area contributed by atoms with Gasteiger partial charge in [0.25, 0.3) is 0 Å². The molecular weight excluding hydrogens is 316 g/mol. The molecule has 0 bridgehead atoms. The van der Waals surface area contributed by atoms with E-state index in [-0.39, 0.29) is 17.9 Å². The Morgan fingerprint density at radius 3 is 3.08 bits per heavy atom. The van der Waals surface area contributed by atoms with Crippen LogP contribution in [-0.4, -0.2) is 45.2 Å². The molecule has 130 valence electrons. The molecule has 1 atom stereocenters. The van der Waals surface area contributed by atoms with E-state index in [1.165, 1.54) is 0 Å². The Morgan fingerprint density at radius 1 is 1.36 bits per heavy atom. The van der Waals surface area contributed by atoms with E-state index in [0.29, 0.717) is 12.2 Å². The molecule has 1 amide bonds. The Kier molecular flexibility index (Phi) is 3.99. The van der Waals surface area contributed by atoms with E-state index in [0.717, 1.165) is 41.5 Å². The van der Waals surface area contributed by atoms with Crippen LogP contribution in [0.25, 0.3) is 22.1 Å². The number of hydrogen-bond donors (Lipinski definition) is 2. The van der Waals surface area contributed by atoms with Gasteiger partial charge in [0.05, 0.1) is 17.0 Å². The molecule has 4 rings (SSSR count). The van der Waals surface area contributed by atoms with Crippen LogP contribution in [0, 0.1) is 5.92 Å². The molecule has 1 aliphatic heterocycles. The normalized spacial score (nSPS) is 18.2. The first-order valence-corrected chi connectivity index (χ1v) is 8.77. The molecule has 0 aliphatic carbocycles. The molecule has 0 aromatic carbocycles. The fourth-order valence-electron chi connectivity index (χ4n) is 3.59. The molecule has 3 aromatic heterocycles. The molecule has 0 spiro atoms. The van der Waals surface area contributed by atoms with Crippen molar-refractivity contribution >= 4 is 33.7 Å². The maximum Gasteiger partial charge on any atom is 0.225 e. The molecule has 4 heterocycles. The summed E-state index contributed by atoms with van der Waals surface area (Å²) in [5.41, 5.74) is 2.47. The molecule has 1 saturated heterocycles. The van der Waals surface area contributed by atoms with Gasteiger partial charge >= 0.3 is 0 Å². The number of nitrogens with one attached hydrogen (secondary N) is 2. The van der Waals surface area contributed by atoms with Gasteiger partial charge in [-0.1, -0.05) is 0 Å². The summed E-state index contributed by atoms with van der Waals surface area (Å²) in [4.78, 5) is 22.2. The van der Waals surface area contributed by atoms with Crippen molar-refractivity contribution in [2.75, 3.05) is 18.0 Å². The Bertz CT molecular complexity index is 918. The first kappa shape index (κ1) is 15.8. The molecule has 7 nitrogen and oxygen atoms in total. The van der Waals surface area contributed by atoms with Crippen molar-refractivity contribution in [2.45, 2.75) is 32.7 Å². The maximum absolute atomic E-state index is 12.4. The fourth-order valence-corrected chi connectivity index (χ4v) is 3.59. The lowest BCUT2D eigenvalue weighted by molar-refractivity contribution is -0.125. The van der Waals surface area contributed by atoms with Gasteiger partial charge in [0.15, 0.2) is 11.3 Å². The summed E-state index contributed by atoms with van der Waals surface area (Å²) in [6.45, 7) is 5.64. The molecule has 1 aliphatic rings. The topological polar surface area (TPSA) is 86.8 Å². The number of aromatic amines is 1. The molecule has 0 saturated carbocycles. The Balaban J connectivity index is 1.71. The number of piperidine rings is 1. The highest BCUT2D eigenvalue weighted by Crippen LogP contribution is 2.32. The SMILES string of the molecule is CC(C)NC(=O)C1CCCN(c2ccnc3nnc4[nH]ccc4c23)C1. The second kappa shape index (κ2) is 6.31. The van der Waals surface area contributed by atoms with Crippen molar-refractivity contribution in [3.8, 4) is 0 Å². The number of amides is 1. The quantitative estimate of drug-likeness (QED) is 0.765. The van der Waals surface area contributed by atoms with Crippen LogP contribution in [0.4, 0.5) is 5.69 Å². The third-order valence-corrected chi connectivity index (χ3v) is 4.71. The summed E-state index contributed by atoms with van der Waals surface area (Å²) >= 11 is 0. The number of rotatable bonds is 3. The second-order valence-corrected chi connectivity index (χ2v) is 6.92. The number of aromatic nitrogens is 4. The van der Waals surface area contributed by atoms with Gasteiger partial charge in [0, 0.05) is 36.9 Å². The minimum Gasteiger partial charge on any atom is -0.370 e. The zero-order valence-electron chi connectivity index (χ0n) is 14.5. The smallest absolute Gasteiger partial charge is 0.225 e. The molecule has 3 aromatic rings. The number of carbonyl (C=O) groups is 1. The van der Waals surface area contributed by atoms with E-state index in [1.807, 2.05) is 32.2 Å². The number of pyridine rings is 1. The van der Waals surface area contributed by atoms with E-state index in [1.54, 1.807) is 6.20 Å². The Hall–Kier alpha value is -2.70. The average Bonchev–Trinajstić information content (AvgIpc) is 3.09. The van der Waals surface area contributed by atoms with Crippen molar-refractivity contribution in [3.63, 3.8) is 0 Å². The van der Waals surface area contributed by atoms with Gasteiger partial charge in [-0.2, -0.15) is 0 Å². The average molecular weight is 338 g/mol. The van der Waals surface area contributed by atoms with Gasteiger partial charge < -0.3 is 15.2 Å². The number of fused-ring (bicyclic) bond motifs is 3. The molecule has 7 heteroatoms. The highest BCUT2D eigenvalue weighted by Gasteiger charge is 2.27. The third-order valence-electron chi connectivity index (χ3n) is 4.71. The lowest BCUT2D eigenvalue weighted by Crippen LogP contribution is -2.44. The first-order valence-electron chi connectivity index (χ1n) is 8.77. The zero-order chi connectivity index (χ0) is 17.4. The van der Waals surface area contributed by atoms with Crippen LogP contribution >= 0.6 is 0 Å². The van der Waals surface area contributed by atoms with E-state index in [9.17, 15) is 4.79 Å². The summed E-state index contributed by atoms with van der Waals surface area (Å²) in [5.74, 6) is 0.153. The summed E-state index contributed by atoms with van der Waals surface area (Å²) in [5, 5.41) is 13.5. The van der Waals surface area contributed by atoms with Crippen LogP contribution in [0.3, 0.4) is 0 Å². The summed E-state index contributed by atoms with van der Waals surface area (Å²) in [6, 6.07) is 4.18. The number of nitrogens with zero attached hydrogens (tertiary/aromatic N) is 4. The lowest BCUT2D eigenvalue weighted by Gasteiger charge is -2.34. The molecule has 1 unspecified atom stereocenters. The largest absolute Gasteiger partial charge is 0.370 e. The van der Waals surface area contributed by atoms with Gasteiger partial charge in [-0.15, -0.1) is 10.2 Å². The minimum atomic E-state index is 0.0101. The van der Waals surface area contributed by atoms with Gasteiger partial charge in [-0.25, -0.2) is 4.98 Å².